The number of dihydropyridines is 1. The molecule has 7 heteroatoms. The molecule has 0 aromatic heterocycles. The molecule has 3 rings (SSSR count). The highest BCUT2D eigenvalue weighted by Crippen LogP contribution is 2.45. The quantitative estimate of drug-likeness (QED) is 0.586. The van der Waals surface area contributed by atoms with E-state index >= 15 is 0 Å². The molecule has 1 aromatic carbocycles. The van der Waals surface area contributed by atoms with Gasteiger partial charge >= 0.3 is 11.9 Å². The SMILES string of the molecule is CCCOC(=O)C1=C(C)NC2=C(C(=O)[C@H](C(=O)OC)[C@H](C)C2)[C@H]1c1cccc(F)c1. The standard InChI is InChI=1S/C23H26FNO5/c1-5-9-30-23(28)18-13(3)25-16-10-12(2)17(22(27)29-4)21(26)20(16)19(18)14-7-6-8-15(24)11-14/h6-8,11-12,17,19,25H,5,9-10H2,1-4H3/t12-,17-,19+/m1/s1. The van der Waals surface area contributed by atoms with E-state index in [0.29, 0.717) is 35.4 Å². The number of halogens is 1. The molecular weight excluding hydrogens is 389 g/mol. The van der Waals surface area contributed by atoms with Crippen LogP contribution in [0.2, 0.25) is 0 Å². The molecule has 2 aliphatic rings. The van der Waals surface area contributed by atoms with Gasteiger partial charge in [-0.2, -0.15) is 0 Å². The number of nitrogens with one attached hydrogen (secondary N) is 1. The summed E-state index contributed by atoms with van der Waals surface area (Å²) in [7, 11) is 1.24. The second-order valence-corrected chi connectivity index (χ2v) is 7.73. The van der Waals surface area contributed by atoms with Gasteiger partial charge < -0.3 is 14.8 Å². The number of ether oxygens (including phenoxy) is 2. The largest absolute Gasteiger partial charge is 0.468 e. The van der Waals surface area contributed by atoms with Crippen molar-refractivity contribution in [1.82, 2.24) is 5.32 Å². The molecule has 3 atom stereocenters. The summed E-state index contributed by atoms with van der Waals surface area (Å²) in [5.74, 6) is -4.14. The van der Waals surface area contributed by atoms with Gasteiger partial charge in [-0.15, -0.1) is 0 Å². The molecule has 1 heterocycles. The van der Waals surface area contributed by atoms with Gasteiger partial charge in [-0.05, 0) is 43.4 Å². The lowest BCUT2D eigenvalue weighted by atomic mass is 9.69. The Morgan fingerprint density at radius 3 is 2.67 bits per heavy atom. The number of esters is 2. The Morgan fingerprint density at radius 2 is 2.03 bits per heavy atom. The van der Waals surface area contributed by atoms with E-state index in [9.17, 15) is 18.8 Å². The second-order valence-electron chi connectivity index (χ2n) is 7.73. The Morgan fingerprint density at radius 1 is 1.30 bits per heavy atom. The number of hydrogen-bond donors (Lipinski definition) is 1. The first kappa shape index (κ1) is 21.7. The van der Waals surface area contributed by atoms with Crippen molar-refractivity contribution in [3.05, 3.63) is 58.2 Å². The van der Waals surface area contributed by atoms with E-state index in [1.165, 1.54) is 25.3 Å². The van der Waals surface area contributed by atoms with Crippen LogP contribution >= 0.6 is 0 Å². The van der Waals surface area contributed by atoms with E-state index in [4.69, 9.17) is 9.47 Å². The highest BCUT2D eigenvalue weighted by Gasteiger charge is 2.47. The fourth-order valence-electron chi connectivity index (χ4n) is 4.24. The number of carbonyl (C=O) groups is 3. The molecule has 30 heavy (non-hydrogen) atoms. The Balaban J connectivity index is 2.16. The zero-order valence-electron chi connectivity index (χ0n) is 17.6. The maximum absolute atomic E-state index is 14.1. The predicted octanol–water partition coefficient (Wildman–Crippen LogP) is 3.39. The molecule has 0 unspecified atom stereocenters. The zero-order valence-corrected chi connectivity index (χ0v) is 17.6. The van der Waals surface area contributed by atoms with Crippen LogP contribution in [0.1, 0.15) is 45.1 Å². The normalized spacial score (nSPS) is 23.6. The topological polar surface area (TPSA) is 81.7 Å². The molecule has 0 radical (unpaired) electrons. The van der Waals surface area contributed by atoms with Crippen LogP contribution < -0.4 is 5.32 Å². The van der Waals surface area contributed by atoms with E-state index in [1.807, 2.05) is 13.8 Å². The average molecular weight is 415 g/mol. The summed E-state index contributed by atoms with van der Waals surface area (Å²) < 4.78 is 24.3. The zero-order chi connectivity index (χ0) is 22.0. The van der Waals surface area contributed by atoms with Gasteiger partial charge in [0.2, 0.25) is 0 Å². The van der Waals surface area contributed by atoms with Gasteiger partial charge in [-0.3, -0.25) is 9.59 Å². The van der Waals surface area contributed by atoms with Crippen LogP contribution in [0.5, 0.6) is 0 Å². The minimum atomic E-state index is -0.974. The number of benzene rings is 1. The molecule has 0 amide bonds. The second kappa shape index (κ2) is 8.81. The summed E-state index contributed by atoms with van der Waals surface area (Å²) in [6.45, 7) is 5.66. The molecule has 1 N–H and O–H groups in total. The van der Waals surface area contributed by atoms with E-state index in [2.05, 4.69) is 5.32 Å². The van der Waals surface area contributed by atoms with Crippen molar-refractivity contribution in [3.63, 3.8) is 0 Å². The maximum atomic E-state index is 14.1. The number of rotatable bonds is 5. The predicted molar refractivity (Wildman–Crippen MR) is 108 cm³/mol. The Kier molecular flexibility index (Phi) is 6.39. The third kappa shape index (κ3) is 3.88. The Bertz CT molecular complexity index is 949. The highest BCUT2D eigenvalue weighted by atomic mass is 19.1. The van der Waals surface area contributed by atoms with Gasteiger partial charge in [-0.1, -0.05) is 26.0 Å². The molecule has 1 aliphatic heterocycles. The van der Waals surface area contributed by atoms with E-state index in [-0.39, 0.29) is 18.1 Å². The molecule has 0 bridgehead atoms. The van der Waals surface area contributed by atoms with Gasteiger partial charge in [0, 0.05) is 22.9 Å². The molecule has 1 aromatic rings. The fraction of sp³-hybridized carbons (Fsp3) is 0.435. The molecule has 0 saturated carbocycles. The lowest BCUT2D eigenvalue weighted by Gasteiger charge is -2.38. The fourth-order valence-corrected chi connectivity index (χ4v) is 4.24. The number of ketones is 1. The van der Waals surface area contributed by atoms with Crippen LogP contribution in [0, 0.1) is 17.7 Å². The lowest BCUT2D eigenvalue weighted by molar-refractivity contribution is -0.151. The van der Waals surface area contributed by atoms with Crippen molar-refractivity contribution in [2.24, 2.45) is 11.8 Å². The van der Waals surface area contributed by atoms with E-state index < -0.39 is 35.4 Å². The van der Waals surface area contributed by atoms with Gasteiger partial charge in [0.25, 0.3) is 0 Å². The van der Waals surface area contributed by atoms with Crippen LogP contribution in [0.15, 0.2) is 46.8 Å². The van der Waals surface area contributed by atoms with Crippen LogP contribution in [-0.2, 0) is 23.9 Å². The highest BCUT2D eigenvalue weighted by molar-refractivity contribution is 6.12. The van der Waals surface area contributed by atoms with Crippen LogP contribution in [0.3, 0.4) is 0 Å². The van der Waals surface area contributed by atoms with Crippen molar-refractivity contribution < 1.29 is 28.2 Å². The molecular formula is C23H26FNO5. The summed E-state index contributed by atoms with van der Waals surface area (Å²) >= 11 is 0. The van der Waals surface area contributed by atoms with Crippen molar-refractivity contribution in [3.8, 4) is 0 Å². The Hall–Kier alpha value is -2.96. The Labute approximate surface area is 175 Å². The first-order valence-corrected chi connectivity index (χ1v) is 10.1. The summed E-state index contributed by atoms with van der Waals surface area (Å²) in [5, 5.41) is 3.17. The maximum Gasteiger partial charge on any atom is 0.336 e. The smallest absolute Gasteiger partial charge is 0.336 e. The molecule has 0 spiro atoms. The molecule has 6 nitrogen and oxygen atoms in total. The summed E-state index contributed by atoms with van der Waals surface area (Å²) in [6.07, 6.45) is 1.08. The van der Waals surface area contributed by atoms with Crippen molar-refractivity contribution in [1.29, 1.82) is 0 Å². The van der Waals surface area contributed by atoms with E-state index in [0.717, 1.165) is 0 Å². The number of methoxy groups -OCH3 is 1. The first-order valence-electron chi connectivity index (χ1n) is 10.1. The average Bonchev–Trinajstić information content (AvgIpc) is 2.70. The number of hydrogen-bond acceptors (Lipinski definition) is 6. The summed E-state index contributed by atoms with van der Waals surface area (Å²) in [4.78, 5) is 38.7. The van der Waals surface area contributed by atoms with Crippen LogP contribution in [-0.4, -0.2) is 31.4 Å². The minimum Gasteiger partial charge on any atom is -0.468 e. The van der Waals surface area contributed by atoms with Gasteiger partial charge in [0.1, 0.15) is 11.7 Å². The van der Waals surface area contributed by atoms with Crippen molar-refractivity contribution in [2.75, 3.05) is 13.7 Å². The van der Waals surface area contributed by atoms with Crippen molar-refractivity contribution >= 4 is 17.7 Å². The number of Topliss-reactive ketones (excluding diaryl/α,β-unsaturated/α-hetero) is 1. The van der Waals surface area contributed by atoms with E-state index in [1.54, 1.807) is 13.0 Å². The monoisotopic (exact) mass is 415 g/mol. The third-order valence-corrected chi connectivity index (χ3v) is 5.58. The van der Waals surface area contributed by atoms with Crippen LogP contribution in [0.4, 0.5) is 4.39 Å². The summed E-state index contributed by atoms with van der Waals surface area (Å²) in [6, 6.07) is 5.81. The number of allylic oxidation sites excluding steroid dienone is 3. The van der Waals surface area contributed by atoms with Gasteiger partial charge in [-0.25, -0.2) is 9.18 Å². The van der Waals surface area contributed by atoms with Crippen molar-refractivity contribution in [2.45, 2.75) is 39.5 Å². The third-order valence-electron chi connectivity index (χ3n) is 5.58. The van der Waals surface area contributed by atoms with Gasteiger partial charge in [0.05, 0.1) is 19.3 Å². The van der Waals surface area contributed by atoms with Gasteiger partial charge in [0.15, 0.2) is 5.78 Å². The molecule has 0 fully saturated rings. The molecule has 160 valence electrons. The van der Waals surface area contributed by atoms with Crippen LogP contribution in [0.25, 0.3) is 0 Å². The number of carbonyl (C=O) groups excluding carboxylic acids is 3. The lowest BCUT2D eigenvalue weighted by Crippen LogP contribution is -2.43. The minimum absolute atomic E-state index is 0.229. The molecule has 1 aliphatic carbocycles. The summed E-state index contributed by atoms with van der Waals surface area (Å²) in [5.41, 5.74) is 2.20. The first-order chi connectivity index (χ1) is 14.3. The molecule has 0 saturated heterocycles.